The molecular weight excluding hydrogens is 386 g/mol. The first-order valence-corrected chi connectivity index (χ1v) is 10.8. The van der Waals surface area contributed by atoms with Crippen LogP contribution < -0.4 is 15.6 Å². The molecule has 0 aliphatic heterocycles. The molecule has 3 aromatic rings. The maximum Gasteiger partial charge on any atom is 0.263 e. The normalized spacial score (nSPS) is 17.0. The number of nitrogens with zero attached hydrogens (tertiary/aromatic N) is 2. The van der Waals surface area contributed by atoms with E-state index in [1.54, 1.807) is 30.4 Å². The molecule has 7 heteroatoms. The number of benzene rings is 1. The Bertz CT molecular complexity index is 1100. The van der Waals surface area contributed by atoms with Gasteiger partial charge in [-0.25, -0.2) is 4.98 Å². The van der Waals surface area contributed by atoms with Gasteiger partial charge in [0.2, 0.25) is 5.91 Å². The molecule has 2 aromatic heterocycles. The van der Waals surface area contributed by atoms with Gasteiger partial charge < -0.3 is 10.1 Å². The zero-order valence-electron chi connectivity index (χ0n) is 16.9. The Morgan fingerprint density at radius 1 is 1.38 bits per heavy atom. The van der Waals surface area contributed by atoms with Crippen molar-refractivity contribution in [3.63, 3.8) is 0 Å². The summed E-state index contributed by atoms with van der Waals surface area (Å²) in [6.07, 6.45) is 4.49. The van der Waals surface area contributed by atoms with Gasteiger partial charge in [0, 0.05) is 10.6 Å². The van der Waals surface area contributed by atoms with Gasteiger partial charge >= 0.3 is 0 Å². The summed E-state index contributed by atoms with van der Waals surface area (Å²) in [5.41, 5.74) is 1.67. The van der Waals surface area contributed by atoms with Gasteiger partial charge in [0.25, 0.3) is 5.56 Å². The van der Waals surface area contributed by atoms with Crippen molar-refractivity contribution >= 4 is 33.1 Å². The number of amides is 1. The van der Waals surface area contributed by atoms with Crippen LogP contribution in [0.3, 0.4) is 0 Å². The minimum Gasteiger partial charge on any atom is -0.494 e. The van der Waals surface area contributed by atoms with Gasteiger partial charge in [0.15, 0.2) is 0 Å². The van der Waals surface area contributed by atoms with E-state index in [0.29, 0.717) is 23.6 Å². The molecule has 29 heavy (non-hydrogen) atoms. The molecule has 0 radical (unpaired) electrons. The van der Waals surface area contributed by atoms with Crippen LogP contribution in [-0.2, 0) is 17.6 Å². The Morgan fingerprint density at radius 3 is 2.86 bits per heavy atom. The van der Waals surface area contributed by atoms with E-state index in [0.717, 1.165) is 35.4 Å². The maximum absolute atomic E-state index is 13.2. The number of fused-ring (bicyclic) bond motifs is 3. The van der Waals surface area contributed by atoms with Crippen LogP contribution in [0.1, 0.15) is 43.7 Å². The Labute approximate surface area is 173 Å². The van der Waals surface area contributed by atoms with Crippen molar-refractivity contribution in [2.75, 3.05) is 11.9 Å². The molecule has 2 heterocycles. The molecule has 1 aromatic carbocycles. The van der Waals surface area contributed by atoms with Gasteiger partial charge in [-0.05, 0) is 68.9 Å². The van der Waals surface area contributed by atoms with E-state index in [-0.39, 0.29) is 11.5 Å². The van der Waals surface area contributed by atoms with E-state index in [1.165, 1.54) is 15.8 Å². The second-order valence-electron chi connectivity index (χ2n) is 7.61. The molecule has 0 unspecified atom stereocenters. The summed E-state index contributed by atoms with van der Waals surface area (Å²) in [6, 6.07) is 6.53. The minimum absolute atomic E-state index is 0.128. The molecule has 6 nitrogen and oxygen atoms in total. The van der Waals surface area contributed by atoms with E-state index in [4.69, 9.17) is 4.74 Å². The highest BCUT2D eigenvalue weighted by atomic mass is 32.1. The van der Waals surface area contributed by atoms with Gasteiger partial charge in [-0.15, -0.1) is 11.3 Å². The quantitative estimate of drug-likeness (QED) is 0.684. The van der Waals surface area contributed by atoms with Crippen LogP contribution in [-0.4, -0.2) is 22.1 Å². The Morgan fingerprint density at radius 2 is 2.14 bits per heavy atom. The number of hydrogen-bond acceptors (Lipinski definition) is 5. The fourth-order valence-electron chi connectivity index (χ4n) is 3.79. The number of ether oxygens (including phenoxy) is 1. The second kappa shape index (κ2) is 7.99. The highest BCUT2D eigenvalue weighted by Crippen LogP contribution is 2.35. The molecule has 0 saturated heterocycles. The first-order chi connectivity index (χ1) is 14.0. The van der Waals surface area contributed by atoms with Crippen molar-refractivity contribution in [2.24, 2.45) is 5.92 Å². The van der Waals surface area contributed by atoms with Crippen molar-refractivity contribution in [2.45, 2.75) is 46.1 Å². The van der Waals surface area contributed by atoms with Crippen molar-refractivity contribution in [3.05, 3.63) is 51.4 Å². The lowest BCUT2D eigenvalue weighted by atomic mass is 9.89. The lowest BCUT2D eigenvalue weighted by molar-refractivity contribution is -0.118. The smallest absolute Gasteiger partial charge is 0.263 e. The number of thiophene rings is 1. The maximum atomic E-state index is 13.2. The van der Waals surface area contributed by atoms with E-state index >= 15 is 0 Å². The van der Waals surface area contributed by atoms with E-state index < -0.39 is 6.04 Å². The lowest BCUT2D eigenvalue weighted by Crippen LogP contribution is -2.32. The van der Waals surface area contributed by atoms with E-state index in [2.05, 4.69) is 17.2 Å². The van der Waals surface area contributed by atoms with Gasteiger partial charge in [-0.2, -0.15) is 0 Å². The van der Waals surface area contributed by atoms with E-state index in [1.807, 2.05) is 19.1 Å². The summed E-state index contributed by atoms with van der Waals surface area (Å²) >= 11 is 1.62. The average Bonchev–Trinajstić information content (AvgIpc) is 3.07. The number of aromatic nitrogens is 2. The van der Waals surface area contributed by atoms with Crippen LogP contribution in [0.15, 0.2) is 35.4 Å². The number of nitrogens with one attached hydrogen (secondary N) is 1. The Kier molecular flexibility index (Phi) is 5.41. The summed E-state index contributed by atoms with van der Waals surface area (Å²) < 4.78 is 6.86. The van der Waals surface area contributed by atoms with Crippen LogP contribution >= 0.6 is 11.3 Å². The topological polar surface area (TPSA) is 73.2 Å². The number of carbonyl (C=O) groups is 1. The molecule has 4 rings (SSSR count). The zero-order valence-corrected chi connectivity index (χ0v) is 17.7. The Balaban J connectivity index is 1.59. The molecule has 1 aliphatic carbocycles. The number of rotatable bonds is 5. The predicted molar refractivity (Wildman–Crippen MR) is 116 cm³/mol. The average molecular weight is 412 g/mol. The standard InChI is InChI=1S/C22H25N3O3S/c1-4-28-16-8-6-15(7-9-16)24-20(26)14(3)25-12-23-21-19(22(25)27)17-10-5-13(2)11-18(17)29-21/h6-9,12-14H,4-5,10-11H2,1-3H3,(H,24,26)/t13-,14+/m1/s1. The van der Waals surface area contributed by atoms with Gasteiger partial charge in [0.05, 0.1) is 18.3 Å². The number of anilines is 1. The second-order valence-corrected chi connectivity index (χ2v) is 8.70. The third kappa shape index (κ3) is 3.79. The molecular formula is C22H25N3O3S. The third-order valence-electron chi connectivity index (χ3n) is 5.47. The van der Waals surface area contributed by atoms with Crippen LogP contribution in [0.4, 0.5) is 5.69 Å². The fraction of sp³-hybridized carbons (Fsp3) is 0.409. The van der Waals surface area contributed by atoms with Gasteiger partial charge in [-0.1, -0.05) is 6.92 Å². The first kappa shape index (κ1) is 19.6. The summed E-state index contributed by atoms with van der Waals surface area (Å²) in [5, 5.41) is 3.56. The summed E-state index contributed by atoms with van der Waals surface area (Å²) in [4.78, 5) is 32.5. The largest absolute Gasteiger partial charge is 0.494 e. The molecule has 152 valence electrons. The highest BCUT2D eigenvalue weighted by molar-refractivity contribution is 7.18. The summed E-state index contributed by atoms with van der Waals surface area (Å²) in [6.45, 7) is 6.48. The molecule has 1 aliphatic rings. The monoisotopic (exact) mass is 411 g/mol. The molecule has 0 spiro atoms. The van der Waals surface area contributed by atoms with Gasteiger partial charge in [-0.3, -0.25) is 14.2 Å². The van der Waals surface area contributed by atoms with Crippen molar-refractivity contribution < 1.29 is 9.53 Å². The van der Waals surface area contributed by atoms with Crippen LogP contribution in [0.25, 0.3) is 10.2 Å². The minimum atomic E-state index is -0.663. The van der Waals surface area contributed by atoms with E-state index in [9.17, 15) is 9.59 Å². The zero-order chi connectivity index (χ0) is 20.5. The number of carbonyl (C=O) groups excluding carboxylic acids is 1. The predicted octanol–water partition coefficient (Wildman–Crippen LogP) is 4.18. The lowest BCUT2D eigenvalue weighted by Gasteiger charge is -2.18. The molecule has 0 bridgehead atoms. The molecule has 1 amide bonds. The molecule has 0 fully saturated rings. The molecule has 0 saturated carbocycles. The van der Waals surface area contributed by atoms with Gasteiger partial charge in [0.1, 0.15) is 16.6 Å². The SMILES string of the molecule is CCOc1ccc(NC(=O)[C@H](C)n2cnc3sc4c(c3c2=O)CC[C@@H](C)C4)cc1. The summed E-state index contributed by atoms with van der Waals surface area (Å²) in [7, 11) is 0. The number of hydrogen-bond donors (Lipinski definition) is 1. The Hall–Kier alpha value is -2.67. The molecule has 2 atom stereocenters. The van der Waals surface area contributed by atoms with Crippen LogP contribution in [0.2, 0.25) is 0 Å². The van der Waals surface area contributed by atoms with Crippen molar-refractivity contribution in [1.82, 2.24) is 9.55 Å². The van der Waals surface area contributed by atoms with Crippen LogP contribution in [0, 0.1) is 5.92 Å². The first-order valence-electron chi connectivity index (χ1n) is 10.0. The van der Waals surface area contributed by atoms with Crippen LogP contribution in [0.5, 0.6) is 5.75 Å². The third-order valence-corrected chi connectivity index (χ3v) is 6.63. The van der Waals surface area contributed by atoms with Crippen molar-refractivity contribution in [1.29, 1.82) is 0 Å². The van der Waals surface area contributed by atoms with Crippen molar-refractivity contribution in [3.8, 4) is 5.75 Å². The number of aryl methyl sites for hydroxylation is 1. The summed E-state index contributed by atoms with van der Waals surface area (Å²) in [5.74, 6) is 1.13. The molecule has 1 N–H and O–H groups in total. The highest BCUT2D eigenvalue weighted by Gasteiger charge is 2.25. The fourth-order valence-corrected chi connectivity index (χ4v) is 5.14.